The summed E-state index contributed by atoms with van der Waals surface area (Å²) in [5.74, 6) is 0.200. The van der Waals surface area contributed by atoms with Gasteiger partial charge in [0, 0.05) is 13.1 Å². The van der Waals surface area contributed by atoms with E-state index in [-0.39, 0.29) is 11.2 Å². The van der Waals surface area contributed by atoms with Crippen molar-refractivity contribution >= 4 is 5.78 Å². The summed E-state index contributed by atoms with van der Waals surface area (Å²) in [4.78, 5) is 11.3. The zero-order valence-corrected chi connectivity index (χ0v) is 6.53. The van der Waals surface area contributed by atoms with Crippen LogP contribution in [0.25, 0.3) is 0 Å². The molecule has 1 N–H and O–H groups in total. The number of carbonyl (C=O) groups is 1. The zero-order chi connectivity index (χ0) is 7.78. The zero-order valence-electron chi connectivity index (χ0n) is 6.53. The van der Waals surface area contributed by atoms with Crippen LogP contribution in [-0.2, 0) is 4.79 Å². The molecule has 0 aromatic heterocycles. The Balaban J connectivity index is 2.64. The van der Waals surface area contributed by atoms with Crippen molar-refractivity contribution in [3.8, 4) is 0 Å². The Morgan fingerprint density at radius 3 is 2.20 bits per heavy atom. The average molecular weight is 139 g/mol. The molecule has 2 nitrogen and oxygen atoms in total. The molecule has 0 radical (unpaired) electrons. The molecule has 10 heavy (non-hydrogen) atoms. The highest BCUT2D eigenvalue weighted by Gasteiger charge is 2.38. The van der Waals surface area contributed by atoms with E-state index in [0.717, 1.165) is 13.1 Å². The minimum atomic E-state index is -0.147. The molecule has 0 aromatic rings. The molecule has 1 saturated heterocycles. The normalized spacial score (nSPS) is 21.4. The van der Waals surface area contributed by atoms with Gasteiger partial charge in [-0.2, -0.15) is 0 Å². The molecule has 0 amide bonds. The molecule has 0 atom stereocenters. The molecular weight excluding hydrogens is 126 g/mol. The second-order valence-corrected chi connectivity index (χ2v) is 3.27. The van der Waals surface area contributed by atoms with E-state index in [4.69, 9.17) is 0 Å². The molecule has 2 heteroatoms. The highest BCUT2D eigenvalue weighted by atomic mass is 16.1. The minimum Gasteiger partial charge on any atom is -0.315 e. The standard InChI is InChI=1S/C8H13NO/c1-6(2)7(10)8(3)4-9-5-8/h9H,1,4-5H2,2-3H3. The first-order chi connectivity index (χ1) is 4.56. The Kier molecular flexibility index (Phi) is 1.65. The maximum Gasteiger partial charge on any atom is 0.166 e. The van der Waals surface area contributed by atoms with E-state index in [2.05, 4.69) is 11.9 Å². The van der Waals surface area contributed by atoms with Gasteiger partial charge in [0.15, 0.2) is 5.78 Å². The van der Waals surface area contributed by atoms with E-state index in [1.54, 1.807) is 6.92 Å². The number of hydrogen-bond acceptors (Lipinski definition) is 2. The Bertz CT molecular complexity index is 180. The molecule has 0 aromatic carbocycles. The van der Waals surface area contributed by atoms with Crippen LogP contribution in [0.1, 0.15) is 13.8 Å². The van der Waals surface area contributed by atoms with Gasteiger partial charge in [-0.25, -0.2) is 0 Å². The first kappa shape index (κ1) is 7.48. The SMILES string of the molecule is C=C(C)C(=O)C1(C)CNC1. The van der Waals surface area contributed by atoms with Crippen LogP contribution in [0.3, 0.4) is 0 Å². The van der Waals surface area contributed by atoms with Crippen LogP contribution in [0.5, 0.6) is 0 Å². The van der Waals surface area contributed by atoms with Crippen molar-refractivity contribution in [1.82, 2.24) is 5.32 Å². The third-order valence-corrected chi connectivity index (χ3v) is 1.97. The van der Waals surface area contributed by atoms with Crippen LogP contribution in [-0.4, -0.2) is 18.9 Å². The Morgan fingerprint density at radius 2 is 2.10 bits per heavy atom. The van der Waals surface area contributed by atoms with E-state index in [1.807, 2.05) is 6.92 Å². The highest BCUT2D eigenvalue weighted by Crippen LogP contribution is 2.25. The monoisotopic (exact) mass is 139 g/mol. The molecule has 0 bridgehead atoms. The second kappa shape index (κ2) is 2.20. The predicted molar refractivity (Wildman–Crippen MR) is 40.8 cm³/mol. The van der Waals surface area contributed by atoms with Crippen LogP contribution >= 0.6 is 0 Å². The molecule has 56 valence electrons. The number of nitrogens with one attached hydrogen (secondary N) is 1. The van der Waals surface area contributed by atoms with Crippen molar-refractivity contribution in [3.05, 3.63) is 12.2 Å². The average Bonchev–Trinajstić information content (AvgIpc) is 1.81. The number of hydrogen-bond donors (Lipinski definition) is 1. The summed E-state index contributed by atoms with van der Waals surface area (Å²) in [7, 11) is 0. The van der Waals surface area contributed by atoms with Crippen molar-refractivity contribution in [2.45, 2.75) is 13.8 Å². The largest absolute Gasteiger partial charge is 0.315 e. The van der Waals surface area contributed by atoms with Crippen LogP contribution in [0, 0.1) is 5.41 Å². The fourth-order valence-corrected chi connectivity index (χ4v) is 1.18. The van der Waals surface area contributed by atoms with Crippen molar-refractivity contribution in [1.29, 1.82) is 0 Å². The summed E-state index contributed by atoms with van der Waals surface area (Å²) >= 11 is 0. The summed E-state index contributed by atoms with van der Waals surface area (Å²) in [6, 6.07) is 0. The fourth-order valence-electron chi connectivity index (χ4n) is 1.18. The van der Waals surface area contributed by atoms with Gasteiger partial charge in [-0.3, -0.25) is 4.79 Å². The van der Waals surface area contributed by atoms with Gasteiger partial charge in [0.1, 0.15) is 0 Å². The van der Waals surface area contributed by atoms with Crippen molar-refractivity contribution in [2.75, 3.05) is 13.1 Å². The lowest BCUT2D eigenvalue weighted by molar-refractivity contribution is -0.126. The third-order valence-electron chi connectivity index (χ3n) is 1.97. The van der Waals surface area contributed by atoms with E-state index in [9.17, 15) is 4.79 Å². The van der Waals surface area contributed by atoms with Crippen LogP contribution < -0.4 is 5.32 Å². The van der Waals surface area contributed by atoms with E-state index in [0.29, 0.717) is 5.57 Å². The highest BCUT2D eigenvalue weighted by molar-refractivity contribution is 5.99. The Hall–Kier alpha value is -0.630. The van der Waals surface area contributed by atoms with E-state index < -0.39 is 0 Å². The van der Waals surface area contributed by atoms with Crippen molar-refractivity contribution < 1.29 is 4.79 Å². The summed E-state index contributed by atoms with van der Waals surface area (Å²) in [6.07, 6.45) is 0. The molecule has 0 spiro atoms. The summed E-state index contributed by atoms with van der Waals surface area (Å²) in [5.41, 5.74) is 0.523. The lowest BCUT2D eigenvalue weighted by atomic mass is 9.77. The molecule has 1 rings (SSSR count). The van der Waals surface area contributed by atoms with Gasteiger partial charge in [0.2, 0.25) is 0 Å². The molecule has 1 fully saturated rings. The number of Topliss-reactive ketones (excluding diaryl/α,β-unsaturated/α-hetero) is 1. The number of allylic oxidation sites excluding steroid dienone is 1. The molecule has 1 heterocycles. The lowest BCUT2D eigenvalue weighted by Gasteiger charge is -2.37. The smallest absolute Gasteiger partial charge is 0.166 e. The first-order valence-corrected chi connectivity index (χ1v) is 3.47. The quantitative estimate of drug-likeness (QED) is 0.572. The van der Waals surface area contributed by atoms with Gasteiger partial charge in [-0.15, -0.1) is 0 Å². The molecule has 1 aliphatic heterocycles. The van der Waals surface area contributed by atoms with Gasteiger partial charge in [-0.05, 0) is 19.4 Å². The molecule has 1 aliphatic rings. The molecule has 0 unspecified atom stereocenters. The van der Waals surface area contributed by atoms with Crippen LogP contribution in [0.4, 0.5) is 0 Å². The summed E-state index contributed by atoms with van der Waals surface area (Å²) in [5, 5.41) is 3.08. The van der Waals surface area contributed by atoms with Crippen molar-refractivity contribution in [3.63, 3.8) is 0 Å². The van der Waals surface area contributed by atoms with Gasteiger partial charge >= 0.3 is 0 Å². The topological polar surface area (TPSA) is 29.1 Å². The number of carbonyl (C=O) groups excluding carboxylic acids is 1. The third kappa shape index (κ3) is 0.991. The van der Waals surface area contributed by atoms with Gasteiger partial charge in [-0.1, -0.05) is 6.58 Å². The second-order valence-electron chi connectivity index (χ2n) is 3.27. The number of ketones is 1. The predicted octanol–water partition coefficient (Wildman–Crippen LogP) is 0.741. The fraction of sp³-hybridized carbons (Fsp3) is 0.625. The lowest BCUT2D eigenvalue weighted by Crippen LogP contribution is -2.56. The Labute approximate surface area is 61.3 Å². The molecular formula is C8H13NO. The van der Waals surface area contributed by atoms with Gasteiger partial charge in [0.05, 0.1) is 5.41 Å². The minimum absolute atomic E-state index is 0.147. The summed E-state index contributed by atoms with van der Waals surface area (Å²) < 4.78 is 0. The maximum atomic E-state index is 11.3. The Morgan fingerprint density at radius 1 is 1.60 bits per heavy atom. The number of rotatable bonds is 2. The maximum absolute atomic E-state index is 11.3. The molecule has 0 saturated carbocycles. The molecule has 0 aliphatic carbocycles. The van der Waals surface area contributed by atoms with E-state index in [1.165, 1.54) is 0 Å². The van der Waals surface area contributed by atoms with Crippen LogP contribution in [0.2, 0.25) is 0 Å². The van der Waals surface area contributed by atoms with Gasteiger partial charge in [0.25, 0.3) is 0 Å². The van der Waals surface area contributed by atoms with Crippen molar-refractivity contribution in [2.24, 2.45) is 5.41 Å². The van der Waals surface area contributed by atoms with Crippen LogP contribution in [0.15, 0.2) is 12.2 Å². The van der Waals surface area contributed by atoms with E-state index >= 15 is 0 Å². The van der Waals surface area contributed by atoms with Gasteiger partial charge < -0.3 is 5.32 Å². The summed E-state index contributed by atoms with van der Waals surface area (Å²) in [6.45, 7) is 8.98. The first-order valence-electron chi connectivity index (χ1n) is 3.47.